The molecule has 0 saturated heterocycles. The van der Waals surface area contributed by atoms with Gasteiger partial charge >= 0.3 is 6.18 Å². The van der Waals surface area contributed by atoms with Crippen LogP contribution in [0, 0.1) is 0 Å². The lowest BCUT2D eigenvalue weighted by atomic mass is 10.1. The van der Waals surface area contributed by atoms with Crippen molar-refractivity contribution in [2.24, 2.45) is 0 Å². The number of hydrogen-bond acceptors (Lipinski definition) is 2. The lowest BCUT2D eigenvalue weighted by Gasteiger charge is -2.18. The molecule has 0 bridgehead atoms. The monoisotopic (exact) mass is 359 g/mol. The van der Waals surface area contributed by atoms with Gasteiger partial charge in [0.05, 0.1) is 5.56 Å². The first-order chi connectivity index (χ1) is 9.77. The van der Waals surface area contributed by atoms with Crippen LogP contribution in [-0.2, 0) is 6.18 Å². The van der Waals surface area contributed by atoms with Gasteiger partial charge in [-0.2, -0.15) is 13.2 Å². The van der Waals surface area contributed by atoms with Crippen molar-refractivity contribution < 1.29 is 18.3 Å². The van der Waals surface area contributed by atoms with E-state index in [1.165, 1.54) is 12.1 Å². The molecule has 0 aliphatic carbocycles. The van der Waals surface area contributed by atoms with E-state index in [9.17, 15) is 18.3 Å². The SMILES string of the molecule is CC(Nc1cc(C(F)(F)F)ccc1Br)c1cccc(O)c1. The van der Waals surface area contributed by atoms with Crippen LogP contribution in [0.2, 0.25) is 0 Å². The summed E-state index contributed by atoms with van der Waals surface area (Å²) in [6.07, 6.45) is -4.38. The first kappa shape index (κ1) is 15.7. The smallest absolute Gasteiger partial charge is 0.416 e. The summed E-state index contributed by atoms with van der Waals surface area (Å²) in [6, 6.07) is 9.77. The van der Waals surface area contributed by atoms with E-state index in [2.05, 4.69) is 21.2 Å². The fourth-order valence-corrected chi connectivity index (χ4v) is 2.28. The van der Waals surface area contributed by atoms with E-state index in [-0.39, 0.29) is 11.8 Å². The predicted octanol–water partition coefficient (Wildman–Crippen LogP) is 5.35. The lowest BCUT2D eigenvalue weighted by Crippen LogP contribution is -2.10. The molecule has 0 amide bonds. The van der Waals surface area contributed by atoms with Crippen molar-refractivity contribution in [3.05, 3.63) is 58.1 Å². The normalized spacial score (nSPS) is 13.0. The summed E-state index contributed by atoms with van der Waals surface area (Å²) >= 11 is 3.23. The number of anilines is 1. The van der Waals surface area contributed by atoms with Gasteiger partial charge in [-0.3, -0.25) is 0 Å². The van der Waals surface area contributed by atoms with E-state index in [4.69, 9.17) is 0 Å². The van der Waals surface area contributed by atoms with Gasteiger partial charge in [-0.25, -0.2) is 0 Å². The highest BCUT2D eigenvalue weighted by Crippen LogP contribution is 2.35. The number of benzene rings is 2. The number of hydrogen-bond donors (Lipinski definition) is 2. The average Bonchev–Trinajstić information content (AvgIpc) is 2.40. The summed E-state index contributed by atoms with van der Waals surface area (Å²) in [4.78, 5) is 0. The van der Waals surface area contributed by atoms with Gasteiger partial charge < -0.3 is 10.4 Å². The molecule has 0 aromatic heterocycles. The van der Waals surface area contributed by atoms with Gasteiger partial charge in [0.25, 0.3) is 0 Å². The van der Waals surface area contributed by atoms with E-state index < -0.39 is 11.7 Å². The third kappa shape index (κ3) is 3.91. The number of aromatic hydroxyl groups is 1. The minimum atomic E-state index is -4.38. The third-order valence-corrected chi connectivity index (χ3v) is 3.73. The maximum atomic E-state index is 12.7. The van der Waals surface area contributed by atoms with Gasteiger partial charge in [-0.05, 0) is 58.7 Å². The van der Waals surface area contributed by atoms with Crippen LogP contribution >= 0.6 is 15.9 Å². The molecule has 0 aliphatic rings. The molecule has 1 unspecified atom stereocenters. The third-order valence-electron chi connectivity index (χ3n) is 3.04. The number of phenols is 1. The number of rotatable bonds is 3. The Labute approximate surface area is 128 Å². The molecule has 21 heavy (non-hydrogen) atoms. The van der Waals surface area contributed by atoms with Crippen LogP contribution in [0.25, 0.3) is 0 Å². The largest absolute Gasteiger partial charge is 0.508 e. The molecule has 6 heteroatoms. The zero-order chi connectivity index (χ0) is 15.6. The van der Waals surface area contributed by atoms with Crippen molar-refractivity contribution in [1.82, 2.24) is 0 Å². The fraction of sp³-hybridized carbons (Fsp3) is 0.200. The molecule has 0 fully saturated rings. The topological polar surface area (TPSA) is 32.3 Å². The van der Waals surface area contributed by atoms with E-state index >= 15 is 0 Å². The van der Waals surface area contributed by atoms with Crippen molar-refractivity contribution in [2.75, 3.05) is 5.32 Å². The predicted molar refractivity (Wildman–Crippen MR) is 79.3 cm³/mol. The number of alkyl halides is 3. The van der Waals surface area contributed by atoms with Crippen LogP contribution in [0.1, 0.15) is 24.1 Å². The summed E-state index contributed by atoms with van der Waals surface area (Å²) in [5.74, 6) is 0.115. The van der Waals surface area contributed by atoms with Crippen LogP contribution < -0.4 is 5.32 Å². The zero-order valence-electron chi connectivity index (χ0n) is 11.1. The van der Waals surface area contributed by atoms with E-state index in [0.717, 1.165) is 17.7 Å². The van der Waals surface area contributed by atoms with Gasteiger partial charge in [-0.1, -0.05) is 12.1 Å². The Balaban J connectivity index is 2.26. The van der Waals surface area contributed by atoms with E-state index in [1.807, 2.05) is 6.92 Å². The van der Waals surface area contributed by atoms with Crippen LogP contribution in [0.3, 0.4) is 0 Å². The van der Waals surface area contributed by atoms with Crippen molar-refractivity contribution in [2.45, 2.75) is 19.1 Å². The second-order valence-corrected chi connectivity index (χ2v) is 5.51. The molecule has 112 valence electrons. The second-order valence-electron chi connectivity index (χ2n) is 4.65. The van der Waals surface area contributed by atoms with Crippen molar-refractivity contribution in [3.8, 4) is 5.75 Å². The molecule has 1 atom stereocenters. The molecule has 2 rings (SSSR count). The van der Waals surface area contributed by atoms with Crippen molar-refractivity contribution in [1.29, 1.82) is 0 Å². The minimum Gasteiger partial charge on any atom is -0.508 e. The van der Waals surface area contributed by atoms with Crippen LogP contribution in [0.4, 0.5) is 18.9 Å². The quantitative estimate of drug-likeness (QED) is 0.774. The first-order valence-electron chi connectivity index (χ1n) is 6.19. The summed E-state index contributed by atoms with van der Waals surface area (Å²) < 4.78 is 38.8. The molecular weight excluding hydrogens is 347 g/mol. The fourth-order valence-electron chi connectivity index (χ4n) is 1.92. The molecule has 2 aromatic rings. The lowest BCUT2D eigenvalue weighted by molar-refractivity contribution is -0.137. The summed E-state index contributed by atoms with van der Waals surface area (Å²) in [5.41, 5.74) is 0.413. The molecule has 2 nitrogen and oxygen atoms in total. The van der Waals surface area contributed by atoms with Gasteiger partial charge in [0, 0.05) is 16.2 Å². The highest BCUT2D eigenvalue weighted by atomic mass is 79.9. The highest BCUT2D eigenvalue weighted by molar-refractivity contribution is 9.10. The summed E-state index contributed by atoms with van der Waals surface area (Å²) in [5, 5.41) is 12.5. The molecule has 2 aromatic carbocycles. The molecule has 0 spiro atoms. The highest BCUT2D eigenvalue weighted by Gasteiger charge is 2.31. The second kappa shape index (κ2) is 5.97. The number of halogens is 4. The Kier molecular flexibility index (Phi) is 4.46. The molecule has 0 radical (unpaired) electrons. The Morgan fingerprint density at radius 1 is 1.14 bits per heavy atom. The Bertz CT molecular complexity index is 643. The van der Waals surface area contributed by atoms with E-state index in [1.54, 1.807) is 18.2 Å². The number of nitrogens with one attached hydrogen (secondary N) is 1. The van der Waals surface area contributed by atoms with E-state index in [0.29, 0.717) is 10.2 Å². The van der Waals surface area contributed by atoms with Gasteiger partial charge in [0.1, 0.15) is 5.75 Å². The molecule has 0 aliphatic heterocycles. The summed E-state index contributed by atoms with van der Waals surface area (Å²) in [7, 11) is 0. The Morgan fingerprint density at radius 3 is 2.48 bits per heavy atom. The average molecular weight is 360 g/mol. The first-order valence-corrected chi connectivity index (χ1v) is 6.99. The summed E-state index contributed by atoms with van der Waals surface area (Å²) in [6.45, 7) is 1.81. The van der Waals surface area contributed by atoms with Crippen LogP contribution in [-0.4, -0.2) is 5.11 Å². The zero-order valence-corrected chi connectivity index (χ0v) is 12.7. The van der Waals surface area contributed by atoms with Crippen molar-refractivity contribution >= 4 is 21.6 Å². The standard InChI is InChI=1S/C15H13BrF3NO/c1-9(10-3-2-4-12(21)7-10)20-14-8-11(15(17,18)19)5-6-13(14)16/h2-9,20-21H,1H3. The molecule has 2 N–H and O–H groups in total. The maximum absolute atomic E-state index is 12.7. The molecular formula is C15H13BrF3NO. The van der Waals surface area contributed by atoms with Gasteiger partial charge in [0.15, 0.2) is 0 Å². The minimum absolute atomic E-state index is 0.115. The number of phenolic OH excluding ortho intramolecular Hbond substituents is 1. The van der Waals surface area contributed by atoms with Crippen LogP contribution in [0.5, 0.6) is 5.75 Å². The maximum Gasteiger partial charge on any atom is 0.416 e. The van der Waals surface area contributed by atoms with Gasteiger partial charge in [-0.15, -0.1) is 0 Å². The van der Waals surface area contributed by atoms with Crippen molar-refractivity contribution in [3.63, 3.8) is 0 Å². The van der Waals surface area contributed by atoms with Crippen LogP contribution in [0.15, 0.2) is 46.9 Å². The Morgan fingerprint density at radius 2 is 1.86 bits per heavy atom. The Hall–Kier alpha value is -1.69. The van der Waals surface area contributed by atoms with Gasteiger partial charge in [0.2, 0.25) is 0 Å². The molecule has 0 saturated carbocycles. The molecule has 0 heterocycles.